The highest BCUT2D eigenvalue weighted by Crippen LogP contribution is 2.59. The van der Waals surface area contributed by atoms with Crippen LogP contribution in [0.4, 0.5) is 11.4 Å². The maximum Gasteiger partial charge on any atom is 0.303 e. The lowest BCUT2D eigenvalue weighted by molar-refractivity contribution is -0.150. The van der Waals surface area contributed by atoms with Gasteiger partial charge in [0.2, 0.25) is 17.7 Å². The van der Waals surface area contributed by atoms with Gasteiger partial charge in [-0.3, -0.25) is 24.5 Å². The summed E-state index contributed by atoms with van der Waals surface area (Å²) >= 11 is 0. The number of fused-ring (bicyclic) bond motifs is 6. The van der Waals surface area contributed by atoms with Gasteiger partial charge in [0.1, 0.15) is 0 Å². The van der Waals surface area contributed by atoms with E-state index in [-0.39, 0.29) is 53.2 Å². The lowest BCUT2D eigenvalue weighted by Crippen LogP contribution is -2.60. The summed E-state index contributed by atoms with van der Waals surface area (Å²) in [4.78, 5) is 53.0. The minimum atomic E-state index is -0.943. The van der Waals surface area contributed by atoms with Crippen molar-refractivity contribution >= 4 is 35.1 Å². The molecule has 0 bridgehead atoms. The number of rotatable bonds is 8. The number of nitrogen functional groups attached to an aromatic ring is 1. The number of carboxylic acid groups (broad SMARTS) is 1. The Hall–Kier alpha value is -3.90. The lowest BCUT2D eigenvalue weighted by Gasteiger charge is -2.55. The van der Waals surface area contributed by atoms with Crippen molar-refractivity contribution in [3.8, 4) is 0 Å². The molecule has 49 heavy (non-hydrogen) atoms. The van der Waals surface area contributed by atoms with Gasteiger partial charge in [0, 0.05) is 17.7 Å². The van der Waals surface area contributed by atoms with E-state index in [9.17, 15) is 19.2 Å². The molecule has 4 aliphatic rings. The van der Waals surface area contributed by atoms with Crippen LogP contribution in [-0.2, 0) is 42.8 Å². The second-order valence-electron chi connectivity index (χ2n) is 16.2. The molecule has 0 aromatic heterocycles. The number of anilines is 2. The van der Waals surface area contributed by atoms with Gasteiger partial charge >= 0.3 is 5.97 Å². The molecule has 0 aliphatic heterocycles. The first-order valence-electron chi connectivity index (χ1n) is 18.1. The summed E-state index contributed by atoms with van der Waals surface area (Å²) in [5, 5.41) is 18.0. The Labute approximate surface area is 290 Å². The van der Waals surface area contributed by atoms with Crippen LogP contribution in [0.1, 0.15) is 114 Å². The zero-order chi connectivity index (χ0) is 35.4. The normalized spacial score (nSPS) is 32.2. The Kier molecular flexibility index (Phi) is 9.11. The minimum absolute atomic E-state index is 0.0152. The summed E-state index contributed by atoms with van der Waals surface area (Å²) in [6, 6.07) is 13.7. The van der Waals surface area contributed by atoms with Gasteiger partial charge in [0.05, 0.1) is 22.6 Å². The third-order valence-corrected chi connectivity index (χ3v) is 13.4. The maximum atomic E-state index is 14.5. The van der Waals surface area contributed by atoms with Gasteiger partial charge in [-0.1, -0.05) is 52.7 Å². The Morgan fingerprint density at radius 2 is 1.49 bits per heavy atom. The standard InChI is InChI=1S/C40H52N4O5/c1-37-18-6-20-39(3,31(37)15-10-24-8-12-26(41)22-28(24)37)35(48)44-36(49)40(4)21-7-19-38(2)29-23-27(13-9-25(29)11-16-32(38)40)43-34(47)30(42-5)14-17-33(45)46/h9,13,22-23,30-32,42H,6-7,10-11,14-21,41H2,1-5H3,(H,43,47)(H,45,46)(H,44,48,49)/t30-,31+,32?,37+,38+,39-,40-/m0/s1. The third-order valence-electron chi connectivity index (χ3n) is 13.4. The van der Waals surface area contributed by atoms with Gasteiger partial charge < -0.3 is 21.5 Å². The number of carboxylic acids is 1. The van der Waals surface area contributed by atoms with Gasteiger partial charge in [-0.15, -0.1) is 0 Å². The van der Waals surface area contributed by atoms with Gasteiger partial charge in [-0.2, -0.15) is 0 Å². The van der Waals surface area contributed by atoms with E-state index >= 15 is 0 Å². The molecule has 6 N–H and O–H groups in total. The third kappa shape index (κ3) is 5.90. The average Bonchev–Trinajstić information content (AvgIpc) is 3.05. The van der Waals surface area contributed by atoms with Gasteiger partial charge in [0.25, 0.3) is 0 Å². The number of amides is 3. The quantitative estimate of drug-likeness (QED) is 0.229. The van der Waals surface area contributed by atoms with Crippen molar-refractivity contribution in [2.45, 2.75) is 122 Å². The van der Waals surface area contributed by atoms with E-state index in [1.165, 1.54) is 11.1 Å². The molecule has 0 spiro atoms. The summed E-state index contributed by atoms with van der Waals surface area (Å²) in [6.45, 7) is 8.61. The number of carbonyl (C=O) groups excluding carboxylic acids is 3. The molecule has 7 atom stereocenters. The van der Waals surface area contributed by atoms with E-state index in [0.29, 0.717) is 17.8 Å². The molecule has 262 valence electrons. The van der Waals surface area contributed by atoms with Crippen molar-refractivity contribution in [1.82, 2.24) is 10.6 Å². The van der Waals surface area contributed by atoms with Crippen LogP contribution in [0.25, 0.3) is 0 Å². The smallest absolute Gasteiger partial charge is 0.303 e. The molecular formula is C40H52N4O5. The molecule has 0 radical (unpaired) electrons. The molecule has 0 heterocycles. The second kappa shape index (κ2) is 12.8. The van der Waals surface area contributed by atoms with Crippen LogP contribution in [0.15, 0.2) is 24.3 Å². The lowest BCUT2D eigenvalue weighted by atomic mass is 9.49. The Morgan fingerprint density at radius 3 is 2.10 bits per heavy atom. The number of hydrogen-bond acceptors (Lipinski definition) is 6. The molecule has 1 unspecified atom stereocenters. The zero-order valence-corrected chi connectivity index (χ0v) is 29.7. The Morgan fingerprint density at radius 1 is 0.878 bits per heavy atom. The summed E-state index contributed by atoms with van der Waals surface area (Å²) in [7, 11) is 1.65. The number of carbonyl (C=O) groups is 4. The maximum absolute atomic E-state index is 14.5. The number of aliphatic carboxylic acids is 1. The summed E-state index contributed by atoms with van der Waals surface area (Å²) < 4.78 is 0. The first-order chi connectivity index (χ1) is 23.2. The minimum Gasteiger partial charge on any atom is -0.481 e. The predicted octanol–water partition coefficient (Wildman–Crippen LogP) is 5.62. The van der Waals surface area contributed by atoms with Gasteiger partial charge in [-0.05, 0) is 128 Å². The molecule has 4 aliphatic carbocycles. The van der Waals surface area contributed by atoms with Crippen LogP contribution in [0.2, 0.25) is 0 Å². The fraction of sp³-hybridized carbons (Fsp3) is 0.600. The molecule has 3 amide bonds. The number of aryl methyl sites for hydroxylation is 1. The molecule has 2 saturated carbocycles. The molecule has 0 saturated heterocycles. The van der Waals surface area contributed by atoms with Crippen LogP contribution < -0.4 is 21.7 Å². The van der Waals surface area contributed by atoms with Crippen molar-refractivity contribution in [3.05, 3.63) is 58.7 Å². The molecule has 2 fully saturated rings. The molecule has 6 rings (SSSR count). The summed E-state index contributed by atoms with van der Waals surface area (Å²) in [6.07, 6.45) is 8.49. The van der Waals surface area contributed by atoms with E-state index in [1.807, 2.05) is 25.1 Å². The monoisotopic (exact) mass is 668 g/mol. The fourth-order valence-electron chi connectivity index (χ4n) is 10.7. The van der Waals surface area contributed by atoms with Crippen LogP contribution >= 0.6 is 0 Å². The van der Waals surface area contributed by atoms with E-state index < -0.39 is 22.8 Å². The number of likely N-dealkylation sites (N-methyl/N-ethyl adjacent to an activating group) is 1. The van der Waals surface area contributed by atoms with E-state index in [0.717, 1.165) is 68.9 Å². The number of benzene rings is 1. The summed E-state index contributed by atoms with van der Waals surface area (Å²) in [5.74, 6) is -1.46. The molecular weight excluding hydrogens is 616 g/mol. The van der Waals surface area contributed by atoms with Crippen LogP contribution in [-0.4, -0.2) is 41.9 Å². The van der Waals surface area contributed by atoms with Crippen molar-refractivity contribution < 1.29 is 24.3 Å². The van der Waals surface area contributed by atoms with Crippen LogP contribution in [0, 0.1) is 34.8 Å². The van der Waals surface area contributed by atoms with Crippen molar-refractivity contribution in [1.29, 1.82) is 0 Å². The van der Waals surface area contributed by atoms with Crippen molar-refractivity contribution in [2.75, 3.05) is 18.1 Å². The Bertz CT molecular complexity index is 1670. The summed E-state index contributed by atoms with van der Waals surface area (Å²) in [5.41, 5.74) is 10.1. The molecule has 2 aromatic carbocycles. The number of hydrogen-bond donors (Lipinski definition) is 5. The molecule has 9 nitrogen and oxygen atoms in total. The largest absolute Gasteiger partial charge is 0.481 e. The highest BCUT2D eigenvalue weighted by atomic mass is 16.4. The van der Waals surface area contributed by atoms with Crippen molar-refractivity contribution in [3.63, 3.8) is 0 Å². The van der Waals surface area contributed by atoms with Crippen LogP contribution in [0.5, 0.6) is 0 Å². The number of imide groups is 1. The first kappa shape index (κ1) is 34.9. The predicted molar refractivity (Wildman–Crippen MR) is 189 cm³/mol. The van der Waals surface area contributed by atoms with E-state index in [4.69, 9.17) is 10.8 Å². The van der Waals surface area contributed by atoms with E-state index in [2.05, 4.69) is 54.9 Å². The molecule has 2 aromatic rings. The Balaban J connectivity index is 1.22. The molecule has 9 heteroatoms. The zero-order valence-electron chi connectivity index (χ0n) is 29.7. The average molecular weight is 669 g/mol. The second-order valence-corrected chi connectivity index (χ2v) is 16.2. The van der Waals surface area contributed by atoms with Crippen LogP contribution in [0.3, 0.4) is 0 Å². The first-order valence-corrected chi connectivity index (χ1v) is 18.1. The topological polar surface area (TPSA) is 151 Å². The SMILES string of the molecule is CN[C@@H](CCC(=O)O)C(=O)Nc1ccc2c(c1)[C@@]1(C)CCC[C@](C)(C(=O)NC(=O)[C@@]3(C)CCC[C@]4(C)c5cc(N)c#cc5CC[C@@H]34)C1CC2. The number of nitrogens with two attached hydrogens (primary N) is 1. The van der Waals surface area contributed by atoms with Crippen molar-refractivity contribution in [2.24, 2.45) is 22.7 Å². The highest BCUT2D eigenvalue weighted by Gasteiger charge is 2.58. The van der Waals surface area contributed by atoms with E-state index in [1.54, 1.807) is 7.05 Å². The highest BCUT2D eigenvalue weighted by molar-refractivity contribution is 6.01. The van der Waals surface area contributed by atoms with Gasteiger partial charge in [0.15, 0.2) is 0 Å². The van der Waals surface area contributed by atoms with Gasteiger partial charge in [-0.25, -0.2) is 0 Å². The fourth-order valence-corrected chi connectivity index (χ4v) is 10.7. The number of nitrogens with one attached hydrogen (secondary N) is 3.